The minimum atomic E-state index is -0.0174. The molecule has 0 unspecified atom stereocenters. The van der Waals surface area contributed by atoms with Gasteiger partial charge in [-0.05, 0) is 26.0 Å². The molecule has 5 nitrogen and oxygen atoms in total. The van der Waals surface area contributed by atoms with Gasteiger partial charge >= 0.3 is 0 Å². The maximum atomic E-state index is 7.89. The molecule has 2 aromatic heterocycles. The number of nitrogens with zero attached hydrogens (tertiary/aromatic N) is 3. The van der Waals surface area contributed by atoms with Crippen molar-refractivity contribution in [3.05, 3.63) is 24.5 Å². The molecule has 2 heterocycles. The van der Waals surface area contributed by atoms with E-state index in [4.69, 9.17) is 9.84 Å². The highest BCUT2D eigenvalue weighted by molar-refractivity contribution is 6.99. The van der Waals surface area contributed by atoms with Crippen LogP contribution in [0.15, 0.2) is 24.5 Å². The van der Waals surface area contributed by atoms with E-state index in [1.165, 1.54) is 0 Å². The predicted octanol–water partition coefficient (Wildman–Crippen LogP) is 2.00. The third-order valence-corrected chi connectivity index (χ3v) is 2.62. The maximum absolute atomic E-state index is 7.89. The summed E-state index contributed by atoms with van der Waals surface area (Å²) < 4.78 is 13.7. The Morgan fingerprint density at radius 3 is 2.62 bits per heavy atom. The van der Waals surface area contributed by atoms with Gasteiger partial charge < -0.3 is 9.84 Å². The summed E-state index contributed by atoms with van der Waals surface area (Å²) in [5, 5.41) is 7.89. The minimum absolute atomic E-state index is 0.0174. The Bertz CT molecular complexity index is 648. The molecule has 2 rings (SSSR count). The van der Waals surface area contributed by atoms with E-state index in [0.717, 1.165) is 23.0 Å². The van der Waals surface area contributed by atoms with Crippen molar-refractivity contribution < 1.29 is 9.84 Å². The van der Waals surface area contributed by atoms with Crippen molar-refractivity contribution in [2.45, 2.75) is 13.8 Å². The van der Waals surface area contributed by atoms with E-state index in [1.807, 2.05) is 12.1 Å². The van der Waals surface area contributed by atoms with Crippen molar-refractivity contribution in [3.8, 4) is 40.8 Å². The quantitative estimate of drug-likeness (QED) is 0.878. The molecule has 0 atom stereocenters. The largest absolute Gasteiger partial charge is 0.462 e. The molecule has 0 radical (unpaired) electrons. The van der Waals surface area contributed by atoms with E-state index in [-0.39, 0.29) is 6.61 Å². The summed E-state index contributed by atoms with van der Waals surface area (Å²) in [4.78, 5) is 4.03. The lowest BCUT2D eigenvalue weighted by Crippen LogP contribution is -1.95. The lowest BCUT2D eigenvalue weighted by atomic mass is 10.2. The summed E-state index contributed by atoms with van der Waals surface area (Å²) in [6, 6.07) is 3.77. The predicted molar refractivity (Wildman–Crippen MR) is 82.6 cm³/mol. The van der Waals surface area contributed by atoms with Gasteiger partial charge in [0.25, 0.3) is 5.88 Å². The smallest absolute Gasteiger partial charge is 0.254 e. The summed E-state index contributed by atoms with van der Waals surface area (Å²) in [6.45, 7) is 3.77. The van der Waals surface area contributed by atoms with Gasteiger partial charge in [-0.15, -0.1) is 16.2 Å². The van der Waals surface area contributed by atoms with Gasteiger partial charge in [-0.2, -0.15) is 4.37 Å². The number of ether oxygens (including phenoxy) is 1. The topological polar surface area (TPSA) is 68.1 Å². The van der Waals surface area contributed by atoms with Crippen LogP contribution in [-0.2, 0) is 0 Å². The summed E-state index contributed by atoms with van der Waals surface area (Å²) in [7, 11) is 0. The first-order valence-corrected chi connectivity index (χ1v) is 6.82. The summed E-state index contributed by atoms with van der Waals surface area (Å²) >= 11 is 1.12. The SMILES string of the molecule is CC#CCO.CC#CCOc1nsnc1-c1cccnc1. The number of aromatic nitrogens is 3. The molecular weight excluding hydrogens is 286 g/mol. The number of pyridine rings is 1. The average molecular weight is 301 g/mol. The monoisotopic (exact) mass is 301 g/mol. The number of hydrogen-bond acceptors (Lipinski definition) is 6. The molecule has 0 saturated carbocycles. The Kier molecular flexibility index (Phi) is 8.23. The van der Waals surface area contributed by atoms with Crippen LogP contribution < -0.4 is 4.74 Å². The van der Waals surface area contributed by atoms with Gasteiger partial charge in [0.05, 0.1) is 11.7 Å². The number of rotatable bonds is 3. The van der Waals surface area contributed by atoms with Crippen LogP contribution in [0.3, 0.4) is 0 Å². The van der Waals surface area contributed by atoms with Crippen LogP contribution in [0.5, 0.6) is 5.88 Å². The van der Waals surface area contributed by atoms with Crippen molar-refractivity contribution in [2.24, 2.45) is 0 Å². The Labute approximate surface area is 128 Å². The van der Waals surface area contributed by atoms with Crippen LogP contribution in [0.4, 0.5) is 0 Å². The van der Waals surface area contributed by atoms with Crippen LogP contribution in [0.2, 0.25) is 0 Å². The normalized spacial score (nSPS) is 8.33. The molecule has 2 aromatic rings. The standard InChI is InChI=1S/C11H9N3OS.C4H6O/c1-2-3-7-15-11-10(13-16-14-11)9-5-4-6-12-8-9;1-2-3-4-5/h4-6,8H,7H2,1H3;5H,4H2,1H3. The van der Waals surface area contributed by atoms with Gasteiger partial charge in [0.15, 0.2) is 6.61 Å². The van der Waals surface area contributed by atoms with Crippen molar-refractivity contribution in [1.82, 2.24) is 13.7 Å². The van der Waals surface area contributed by atoms with Crippen molar-refractivity contribution in [2.75, 3.05) is 13.2 Å². The highest BCUT2D eigenvalue weighted by atomic mass is 32.1. The van der Waals surface area contributed by atoms with Crippen LogP contribution in [-0.4, -0.2) is 32.1 Å². The van der Waals surface area contributed by atoms with E-state index in [1.54, 1.807) is 26.2 Å². The number of hydrogen-bond donors (Lipinski definition) is 1. The summed E-state index contributed by atoms with van der Waals surface area (Å²) in [5.74, 6) is 11.0. The van der Waals surface area contributed by atoms with Gasteiger partial charge in [-0.3, -0.25) is 4.98 Å². The summed E-state index contributed by atoms with van der Waals surface area (Å²) in [5.41, 5.74) is 1.62. The zero-order valence-corrected chi connectivity index (χ0v) is 12.6. The first kappa shape index (κ1) is 16.6. The first-order chi connectivity index (χ1) is 10.3. The second kappa shape index (κ2) is 10.4. The van der Waals surface area contributed by atoms with Gasteiger partial charge in [0.2, 0.25) is 0 Å². The van der Waals surface area contributed by atoms with Crippen LogP contribution >= 0.6 is 11.7 Å². The molecule has 108 valence electrons. The van der Waals surface area contributed by atoms with Crippen LogP contribution in [0, 0.1) is 23.7 Å². The fourth-order valence-corrected chi connectivity index (χ4v) is 1.73. The zero-order valence-electron chi connectivity index (χ0n) is 11.8. The van der Waals surface area contributed by atoms with Crippen molar-refractivity contribution in [1.29, 1.82) is 0 Å². The Balaban J connectivity index is 0.000000383. The first-order valence-electron chi connectivity index (χ1n) is 6.09. The van der Waals surface area contributed by atoms with Crippen molar-refractivity contribution in [3.63, 3.8) is 0 Å². The van der Waals surface area contributed by atoms with Gasteiger partial charge in [0.1, 0.15) is 12.3 Å². The highest BCUT2D eigenvalue weighted by Crippen LogP contribution is 2.26. The Morgan fingerprint density at radius 2 is 2.05 bits per heavy atom. The molecule has 0 aromatic carbocycles. The molecule has 21 heavy (non-hydrogen) atoms. The lowest BCUT2D eigenvalue weighted by Gasteiger charge is -2.00. The van der Waals surface area contributed by atoms with Gasteiger partial charge in [-0.25, -0.2) is 0 Å². The highest BCUT2D eigenvalue weighted by Gasteiger charge is 2.11. The fourth-order valence-electron chi connectivity index (χ4n) is 1.21. The zero-order chi connectivity index (χ0) is 15.3. The molecule has 0 aliphatic carbocycles. The molecule has 0 amide bonds. The lowest BCUT2D eigenvalue weighted by molar-refractivity contribution is 0.350. The molecular formula is C15H15N3O2S. The molecule has 0 aliphatic heterocycles. The van der Waals surface area contributed by atoms with Gasteiger partial charge in [-0.1, -0.05) is 11.8 Å². The molecule has 0 saturated heterocycles. The fraction of sp³-hybridized carbons (Fsp3) is 0.267. The average Bonchev–Trinajstić information content (AvgIpc) is 2.98. The molecule has 0 spiro atoms. The molecule has 0 aliphatic rings. The molecule has 0 fully saturated rings. The van der Waals surface area contributed by atoms with Crippen LogP contribution in [0.25, 0.3) is 11.3 Å². The molecule has 1 N–H and O–H groups in total. The Morgan fingerprint density at radius 1 is 1.24 bits per heavy atom. The van der Waals surface area contributed by atoms with E-state index in [0.29, 0.717) is 12.5 Å². The molecule has 6 heteroatoms. The van der Waals surface area contributed by atoms with Crippen molar-refractivity contribution >= 4 is 11.7 Å². The van der Waals surface area contributed by atoms with Crippen LogP contribution in [0.1, 0.15) is 13.8 Å². The third kappa shape index (κ3) is 6.05. The Hall–Kier alpha value is -2.41. The third-order valence-electron chi connectivity index (χ3n) is 2.11. The second-order valence-electron chi connectivity index (χ2n) is 3.46. The minimum Gasteiger partial charge on any atom is -0.462 e. The van der Waals surface area contributed by atoms with E-state index < -0.39 is 0 Å². The summed E-state index contributed by atoms with van der Waals surface area (Å²) in [6.07, 6.45) is 3.45. The molecule has 0 bridgehead atoms. The van der Waals surface area contributed by atoms with Gasteiger partial charge in [0, 0.05) is 18.0 Å². The van der Waals surface area contributed by atoms with E-state index in [9.17, 15) is 0 Å². The van der Waals surface area contributed by atoms with E-state index >= 15 is 0 Å². The maximum Gasteiger partial charge on any atom is 0.254 e. The second-order valence-corrected chi connectivity index (χ2v) is 3.99. The van der Waals surface area contributed by atoms with E-state index in [2.05, 4.69) is 37.4 Å². The number of aliphatic hydroxyl groups excluding tert-OH is 1. The number of aliphatic hydroxyl groups is 1.